The van der Waals surface area contributed by atoms with Gasteiger partial charge in [0, 0.05) is 23.9 Å². The minimum atomic E-state index is -3.74. The Balaban J connectivity index is 2.23. The Hall–Kier alpha value is -1.53. The van der Waals surface area contributed by atoms with Crippen LogP contribution in [0.5, 0.6) is 5.75 Å². The fourth-order valence-electron chi connectivity index (χ4n) is 2.08. The zero-order valence-electron chi connectivity index (χ0n) is 11.4. The van der Waals surface area contributed by atoms with Crippen LogP contribution in [0.25, 0.3) is 0 Å². The van der Waals surface area contributed by atoms with E-state index in [0.29, 0.717) is 23.5 Å². The quantitative estimate of drug-likeness (QED) is 0.814. The van der Waals surface area contributed by atoms with Crippen LogP contribution in [0, 0.1) is 13.8 Å². The van der Waals surface area contributed by atoms with E-state index in [9.17, 15) is 8.42 Å². The molecular formula is C13H15ClN2O3S. The van der Waals surface area contributed by atoms with Crippen molar-refractivity contribution in [1.29, 1.82) is 0 Å². The molecule has 0 bridgehead atoms. The first-order chi connectivity index (χ1) is 9.27. The summed E-state index contributed by atoms with van der Waals surface area (Å²) in [5, 5.41) is 4.20. The standard InChI is InChI=1S/C13H15ClN2O3S/c1-9-6-12(7-10(2)13(9)20(14,17)18)19-8-11-4-5-16(3)15-11/h4-7H,8H2,1-3H3. The number of halogens is 1. The summed E-state index contributed by atoms with van der Waals surface area (Å²) in [6, 6.07) is 5.17. The van der Waals surface area contributed by atoms with Crippen molar-refractivity contribution in [1.82, 2.24) is 9.78 Å². The van der Waals surface area contributed by atoms with Gasteiger partial charge in [-0.05, 0) is 43.2 Å². The highest BCUT2D eigenvalue weighted by Crippen LogP contribution is 2.28. The number of aryl methyl sites for hydroxylation is 3. The van der Waals surface area contributed by atoms with E-state index in [0.717, 1.165) is 5.69 Å². The molecule has 0 fully saturated rings. The average molecular weight is 315 g/mol. The molecule has 5 nitrogen and oxygen atoms in total. The number of benzene rings is 1. The van der Waals surface area contributed by atoms with Gasteiger partial charge >= 0.3 is 0 Å². The molecule has 108 valence electrons. The Morgan fingerprint density at radius 2 is 1.90 bits per heavy atom. The van der Waals surface area contributed by atoms with Crippen molar-refractivity contribution >= 4 is 19.7 Å². The first-order valence-electron chi connectivity index (χ1n) is 5.94. The fourth-order valence-corrected chi connectivity index (χ4v) is 3.69. The SMILES string of the molecule is Cc1cc(OCc2ccn(C)n2)cc(C)c1S(=O)(=O)Cl. The molecule has 2 rings (SSSR count). The van der Waals surface area contributed by atoms with Crippen LogP contribution < -0.4 is 4.74 Å². The van der Waals surface area contributed by atoms with Crippen molar-refractivity contribution in [3.8, 4) is 5.75 Å². The van der Waals surface area contributed by atoms with Gasteiger partial charge in [-0.2, -0.15) is 5.10 Å². The molecule has 7 heteroatoms. The van der Waals surface area contributed by atoms with Crippen LogP contribution in [0.15, 0.2) is 29.3 Å². The molecule has 1 aromatic carbocycles. The number of hydrogen-bond acceptors (Lipinski definition) is 4. The number of ether oxygens (including phenoxy) is 1. The molecule has 0 spiro atoms. The topological polar surface area (TPSA) is 61.2 Å². The van der Waals surface area contributed by atoms with Crippen LogP contribution in [-0.4, -0.2) is 18.2 Å². The summed E-state index contributed by atoms with van der Waals surface area (Å²) in [7, 11) is 3.50. The summed E-state index contributed by atoms with van der Waals surface area (Å²) in [6.45, 7) is 3.71. The minimum Gasteiger partial charge on any atom is -0.487 e. The molecular weight excluding hydrogens is 300 g/mol. The van der Waals surface area contributed by atoms with Crippen molar-refractivity contribution in [2.45, 2.75) is 25.3 Å². The number of rotatable bonds is 4. The second-order valence-corrected chi connectivity index (χ2v) is 7.10. The summed E-state index contributed by atoms with van der Waals surface area (Å²) in [6.07, 6.45) is 1.83. The monoisotopic (exact) mass is 314 g/mol. The third kappa shape index (κ3) is 3.32. The molecule has 20 heavy (non-hydrogen) atoms. The van der Waals surface area contributed by atoms with Crippen LogP contribution >= 0.6 is 10.7 Å². The van der Waals surface area contributed by atoms with Crippen molar-refractivity contribution in [3.05, 3.63) is 41.2 Å². The molecule has 0 aliphatic carbocycles. The molecule has 0 radical (unpaired) electrons. The molecule has 0 aliphatic rings. The first-order valence-corrected chi connectivity index (χ1v) is 8.25. The lowest BCUT2D eigenvalue weighted by atomic mass is 10.1. The van der Waals surface area contributed by atoms with Gasteiger partial charge in [-0.25, -0.2) is 8.42 Å². The lowest BCUT2D eigenvalue weighted by Gasteiger charge is -2.10. The predicted octanol–water partition coefficient (Wildman–Crippen LogP) is 2.54. The minimum absolute atomic E-state index is 0.143. The van der Waals surface area contributed by atoms with E-state index in [2.05, 4.69) is 5.10 Å². The van der Waals surface area contributed by atoms with Crippen molar-refractivity contribution in [2.24, 2.45) is 7.05 Å². The van der Waals surface area contributed by atoms with Gasteiger partial charge in [0.25, 0.3) is 9.05 Å². The van der Waals surface area contributed by atoms with Gasteiger partial charge < -0.3 is 4.74 Å². The first kappa shape index (κ1) is 14.9. The maximum atomic E-state index is 11.5. The zero-order valence-corrected chi connectivity index (χ0v) is 13.0. The molecule has 0 atom stereocenters. The maximum absolute atomic E-state index is 11.5. The van der Waals surface area contributed by atoms with E-state index in [-0.39, 0.29) is 4.90 Å². The van der Waals surface area contributed by atoms with Crippen molar-refractivity contribution < 1.29 is 13.2 Å². The zero-order chi connectivity index (χ0) is 14.9. The maximum Gasteiger partial charge on any atom is 0.261 e. The highest BCUT2D eigenvalue weighted by atomic mass is 35.7. The van der Waals surface area contributed by atoms with Crippen LogP contribution in [0.3, 0.4) is 0 Å². The van der Waals surface area contributed by atoms with Crippen molar-refractivity contribution in [2.75, 3.05) is 0 Å². The van der Waals surface area contributed by atoms with E-state index < -0.39 is 9.05 Å². The highest BCUT2D eigenvalue weighted by Gasteiger charge is 2.17. The third-order valence-electron chi connectivity index (χ3n) is 2.83. The van der Waals surface area contributed by atoms with E-state index in [1.165, 1.54) is 0 Å². The highest BCUT2D eigenvalue weighted by molar-refractivity contribution is 8.13. The van der Waals surface area contributed by atoms with Crippen LogP contribution in [0.1, 0.15) is 16.8 Å². The number of aromatic nitrogens is 2. The Bertz CT molecular complexity index is 715. The summed E-state index contributed by atoms with van der Waals surface area (Å²) in [5.41, 5.74) is 1.93. The second kappa shape index (κ2) is 5.46. The van der Waals surface area contributed by atoms with Crippen LogP contribution in [0.4, 0.5) is 0 Å². The van der Waals surface area contributed by atoms with Gasteiger partial charge in [-0.1, -0.05) is 0 Å². The van der Waals surface area contributed by atoms with Gasteiger partial charge in [0.05, 0.1) is 10.6 Å². The molecule has 1 aromatic heterocycles. The van der Waals surface area contributed by atoms with Crippen LogP contribution in [0.2, 0.25) is 0 Å². The summed E-state index contributed by atoms with van der Waals surface area (Å²) in [5.74, 6) is 0.592. The van der Waals surface area contributed by atoms with E-state index in [1.54, 1.807) is 30.7 Å². The number of hydrogen-bond donors (Lipinski definition) is 0. The molecule has 1 heterocycles. The lowest BCUT2D eigenvalue weighted by molar-refractivity contribution is 0.299. The third-order valence-corrected chi connectivity index (χ3v) is 4.43. The fraction of sp³-hybridized carbons (Fsp3) is 0.308. The average Bonchev–Trinajstić information content (AvgIpc) is 2.69. The molecule has 0 amide bonds. The molecule has 0 saturated carbocycles. The van der Waals surface area contributed by atoms with Gasteiger partial charge in [0.15, 0.2) is 0 Å². The van der Waals surface area contributed by atoms with Crippen LogP contribution in [-0.2, 0) is 22.7 Å². The Morgan fingerprint density at radius 1 is 1.30 bits per heavy atom. The molecule has 2 aromatic rings. The summed E-state index contributed by atoms with van der Waals surface area (Å²) >= 11 is 0. The normalized spacial score (nSPS) is 11.6. The molecule has 0 aliphatic heterocycles. The smallest absolute Gasteiger partial charge is 0.261 e. The molecule has 0 N–H and O–H groups in total. The van der Waals surface area contributed by atoms with Gasteiger partial charge in [-0.3, -0.25) is 4.68 Å². The van der Waals surface area contributed by atoms with E-state index in [4.69, 9.17) is 15.4 Å². The van der Waals surface area contributed by atoms with Crippen molar-refractivity contribution in [3.63, 3.8) is 0 Å². The number of nitrogens with zero attached hydrogens (tertiary/aromatic N) is 2. The lowest BCUT2D eigenvalue weighted by Crippen LogP contribution is -2.02. The van der Waals surface area contributed by atoms with Gasteiger partial charge in [-0.15, -0.1) is 0 Å². The van der Waals surface area contributed by atoms with Gasteiger partial charge in [0.2, 0.25) is 0 Å². The van der Waals surface area contributed by atoms with Gasteiger partial charge in [0.1, 0.15) is 12.4 Å². The Morgan fingerprint density at radius 3 is 2.35 bits per heavy atom. The molecule has 0 unspecified atom stereocenters. The van der Waals surface area contributed by atoms with E-state index in [1.807, 2.05) is 19.3 Å². The largest absolute Gasteiger partial charge is 0.487 e. The summed E-state index contributed by atoms with van der Waals surface area (Å²) < 4.78 is 30.3. The Labute approximate surface area is 122 Å². The summed E-state index contributed by atoms with van der Waals surface area (Å²) in [4.78, 5) is 0.143. The van der Waals surface area contributed by atoms with E-state index >= 15 is 0 Å². The molecule has 0 saturated heterocycles. The predicted molar refractivity (Wildman–Crippen MR) is 76.5 cm³/mol. The second-order valence-electron chi connectivity index (χ2n) is 4.59. The Kier molecular flexibility index (Phi) is 4.06.